The number of aromatic nitrogens is 1. The van der Waals surface area contributed by atoms with Crippen LogP contribution in [0.1, 0.15) is 4.88 Å². The number of nitrogens with zero attached hydrogens (tertiary/aromatic N) is 3. The standard InChI is InChI=1S/C29H20FN3O4S2/c30-20-9-10-25-24(14-20)27(23-11-12-38-26(23)15-31)28(33(25)39(36,37)22-7-2-1-3-8-22)18-5-4-6-21(13-18)32-16-19(17-32)29(34)35/h1-14,19H,16-17H2,(H,34,35). The molecule has 10 heteroatoms. The Morgan fingerprint density at radius 2 is 1.79 bits per heavy atom. The Bertz CT molecular complexity index is 1900. The molecule has 0 aliphatic carbocycles. The number of benzene rings is 3. The van der Waals surface area contributed by atoms with Crippen molar-refractivity contribution in [2.75, 3.05) is 18.0 Å². The van der Waals surface area contributed by atoms with Crippen LogP contribution in [0.2, 0.25) is 0 Å². The van der Waals surface area contributed by atoms with Gasteiger partial charge in [-0.25, -0.2) is 16.8 Å². The first-order valence-electron chi connectivity index (χ1n) is 12.0. The van der Waals surface area contributed by atoms with Gasteiger partial charge in [-0.2, -0.15) is 5.26 Å². The molecular formula is C29H20FN3O4S2. The molecule has 1 N–H and O–H groups in total. The van der Waals surface area contributed by atoms with Crippen molar-refractivity contribution in [3.63, 3.8) is 0 Å². The summed E-state index contributed by atoms with van der Waals surface area (Å²) in [4.78, 5) is 13.7. The van der Waals surface area contributed by atoms with Gasteiger partial charge in [0.1, 0.15) is 16.8 Å². The van der Waals surface area contributed by atoms with Crippen molar-refractivity contribution in [2.24, 2.45) is 5.92 Å². The molecule has 1 aliphatic heterocycles. The number of hydrogen-bond donors (Lipinski definition) is 1. The summed E-state index contributed by atoms with van der Waals surface area (Å²) in [5.41, 5.74) is 2.79. The van der Waals surface area contributed by atoms with Crippen molar-refractivity contribution in [1.29, 1.82) is 5.26 Å². The van der Waals surface area contributed by atoms with Crippen LogP contribution < -0.4 is 4.90 Å². The van der Waals surface area contributed by atoms with E-state index in [4.69, 9.17) is 0 Å². The van der Waals surface area contributed by atoms with E-state index in [1.54, 1.807) is 41.8 Å². The Balaban J connectivity index is 1.68. The fourth-order valence-corrected chi connectivity index (χ4v) is 7.26. The second kappa shape index (κ2) is 9.38. The lowest BCUT2D eigenvalue weighted by Crippen LogP contribution is -2.50. The average molecular weight is 558 g/mol. The van der Waals surface area contributed by atoms with Crippen molar-refractivity contribution in [1.82, 2.24) is 3.97 Å². The molecular weight excluding hydrogens is 537 g/mol. The summed E-state index contributed by atoms with van der Waals surface area (Å²) < 4.78 is 44.3. The van der Waals surface area contributed by atoms with Gasteiger partial charge in [-0.05, 0) is 53.9 Å². The Morgan fingerprint density at radius 3 is 2.51 bits per heavy atom. The molecule has 0 bridgehead atoms. The molecule has 2 aromatic heterocycles. The lowest BCUT2D eigenvalue weighted by molar-refractivity contribution is -0.142. The van der Waals surface area contributed by atoms with Gasteiger partial charge in [-0.15, -0.1) is 11.3 Å². The van der Waals surface area contributed by atoms with E-state index < -0.39 is 27.7 Å². The van der Waals surface area contributed by atoms with E-state index in [2.05, 4.69) is 6.07 Å². The Morgan fingerprint density at radius 1 is 1.03 bits per heavy atom. The number of fused-ring (bicyclic) bond motifs is 1. The molecule has 6 rings (SSSR count). The minimum Gasteiger partial charge on any atom is -0.481 e. The van der Waals surface area contributed by atoms with Crippen molar-refractivity contribution in [3.05, 3.63) is 94.9 Å². The molecule has 1 aliphatic rings. The number of aliphatic carboxylic acids is 1. The second-order valence-corrected chi connectivity index (χ2v) is 11.9. The van der Waals surface area contributed by atoms with Gasteiger partial charge in [0.25, 0.3) is 10.0 Å². The first kappa shape index (κ1) is 24.9. The van der Waals surface area contributed by atoms with Gasteiger partial charge in [0.15, 0.2) is 0 Å². The third-order valence-corrected chi connectivity index (χ3v) is 9.47. The molecule has 194 valence electrons. The number of anilines is 1. The molecule has 1 fully saturated rings. The fourth-order valence-electron chi connectivity index (χ4n) is 5.01. The molecule has 1 saturated heterocycles. The molecule has 39 heavy (non-hydrogen) atoms. The number of carboxylic acids is 1. The summed E-state index contributed by atoms with van der Waals surface area (Å²) in [5, 5.41) is 21.2. The molecule has 0 amide bonds. The molecule has 0 atom stereocenters. The normalized spacial score (nSPS) is 13.8. The van der Waals surface area contributed by atoms with E-state index in [0.29, 0.717) is 45.7 Å². The van der Waals surface area contributed by atoms with Crippen LogP contribution in [0.5, 0.6) is 0 Å². The van der Waals surface area contributed by atoms with Gasteiger partial charge < -0.3 is 10.0 Å². The van der Waals surface area contributed by atoms with Gasteiger partial charge in [-0.1, -0.05) is 30.3 Å². The minimum absolute atomic E-state index is 0.0630. The number of halogens is 1. The summed E-state index contributed by atoms with van der Waals surface area (Å²) in [7, 11) is -4.17. The first-order chi connectivity index (χ1) is 18.8. The highest BCUT2D eigenvalue weighted by Crippen LogP contribution is 2.46. The SMILES string of the molecule is N#Cc1sccc1-c1c(-c2cccc(N3CC(C(=O)O)C3)c2)n(S(=O)(=O)c2ccccc2)c2ccc(F)cc12. The highest BCUT2D eigenvalue weighted by molar-refractivity contribution is 7.90. The monoisotopic (exact) mass is 557 g/mol. The zero-order chi connectivity index (χ0) is 27.3. The number of carbonyl (C=O) groups is 1. The second-order valence-electron chi connectivity index (χ2n) is 9.23. The largest absolute Gasteiger partial charge is 0.481 e. The fraction of sp³-hybridized carbons (Fsp3) is 0.103. The number of rotatable bonds is 6. The Kier molecular flexibility index (Phi) is 5.98. The highest BCUT2D eigenvalue weighted by atomic mass is 32.2. The number of nitriles is 1. The summed E-state index contributed by atoms with van der Waals surface area (Å²) in [5.74, 6) is -1.87. The van der Waals surface area contributed by atoms with Crippen LogP contribution in [-0.4, -0.2) is 36.6 Å². The highest BCUT2D eigenvalue weighted by Gasteiger charge is 2.34. The molecule has 0 radical (unpaired) electrons. The van der Waals surface area contributed by atoms with Crippen LogP contribution in [0.25, 0.3) is 33.3 Å². The molecule has 3 aromatic carbocycles. The number of carboxylic acid groups (broad SMARTS) is 1. The van der Waals surface area contributed by atoms with Crippen LogP contribution in [0, 0.1) is 23.1 Å². The van der Waals surface area contributed by atoms with Gasteiger partial charge in [0.05, 0.1) is 22.0 Å². The number of thiophene rings is 1. The maximum Gasteiger partial charge on any atom is 0.310 e. The zero-order valence-electron chi connectivity index (χ0n) is 20.3. The third kappa shape index (κ3) is 4.07. The van der Waals surface area contributed by atoms with Gasteiger partial charge >= 0.3 is 5.97 Å². The van der Waals surface area contributed by atoms with Crippen LogP contribution in [-0.2, 0) is 14.8 Å². The lowest BCUT2D eigenvalue weighted by atomic mass is 9.96. The predicted octanol–water partition coefficient (Wildman–Crippen LogP) is 5.81. The smallest absolute Gasteiger partial charge is 0.310 e. The summed E-state index contributed by atoms with van der Waals surface area (Å²) >= 11 is 1.22. The van der Waals surface area contributed by atoms with Crippen LogP contribution in [0.4, 0.5) is 10.1 Å². The predicted molar refractivity (Wildman–Crippen MR) is 148 cm³/mol. The van der Waals surface area contributed by atoms with E-state index in [9.17, 15) is 28.0 Å². The summed E-state index contributed by atoms with van der Waals surface area (Å²) in [6, 6.07) is 23.0. The van der Waals surface area contributed by atoms with Crippen LogP contribution >= 0.6 is 11.3 Å². The zero-order valence-corrected chi connectivity index (χ0v) is 21.9. The minimum atomic E-state index is -4.17. The van der Waals surface area contributed by atoms with Crippen molar-refractivity contribution >= 4 is 43.9 Å². The van der Waals surface area contributed by atoms with E-state index in [-0.39, 0.29) is 10.4 Å². The van der Waals surface area contributed by atoms with E-state index >= 15 is 0 Å². The van der Waals surface area contributed by atoms with Gasteiger partial charge in [0.2, 0.25) is 0 Å². The molecule has 0 unspecified atom stereocenters. The quantitative estimate of drug-likeness (QED) is 0.283. The van der Waals surface area contributed by atoms with E-state index in [0.717, 1.165) is 5.69 Å². The summed E-state index contributed by atoms with van der Waals surface area (Å²) in [6.07, 6.45) is 0. The van der Waals surface area contributed by atoms with Crippen molar-refractivity contribution in [2.45, 2.75) is 4.90 Å². The molecule has 5 aromatic rings. The summed E-state index contributed by atoms with van der Waals surface area (Å²) in [6.45, 7) is 0.677. The molecule has 3 heterocycles. The molecule has 0 saturated carbocycles. The topological polar surface area (TPSA) is 103 Å². The number of hydrogen-bond acceptors (Lipinski definition) is 6. The van der Waals surface area contributed by atoms with Gasteiger partial charge in [0, 0.05) is 40.9 Å². The van der Waals surface area contributed by atoms with Crippen LogP contribution in [0.3, 0.4) is 0 Å². The third-order valence-electron chi connectivity index (χ3n) is 6.92. The Labute approximate surface area is 227 Å². The maximum absolute atomic E-state index is 14.7. The van der Waals surface area contributed by atoms with E-state index in [1.807, 2.05) is 17.0 Å². The average Bonchev–Trinajstić information content (AvgIpc) is 3.50. The van der Waals surface area contributed by atoms with Crippen LogP contribution in [0.15, 0.2) is 89.1 Å². The van der Waals surface area contributed by atoms with Gasteiger partial charge in [-0.3, -0.25) is 4.79 Å². The first-order valence-corrected chi connectivity index (χ1v) is 14.3. The van der Waals surface area contributed by atoms with Crippen molar-refractivity contribution < 1.29 is 22.7 Å². The molecule has 7 nitrogen and oxygen atoms in total. The Hall–Kier alpha value is -4.46. The lowest BCUT2D eigenvalue weighted by Gasteiger charge is -2.38. The van der Waals surface area contributed by atoms with Crippen molar-refractivity contribution in [3.8, 4) is 28.5 Å². The van der Waals surface area contributed by atoms with E-state index in [1.165, 1.54) is 45.6 Å². The molecule has 0 spiro atoms. The maximum atomic E-state index is 14.7.